The number of halogens is 4. The summed E-state index contributed by atoms with van der Waals surface area (Å²) in [6.45, 7) is 0. The van der Waals surface area contributed by atoms with Gasteiger partial charge in [-0.3, -0.25) is 9.97 Å². The van der Waals surface area contributed by atoms with E-state index in [1.165, 1.54) is 23.7 Å². The third kappa shape index (κ3) is 5.74. The van der Waals surface area contributed by atoms with E-state index in [1.807, 2.05) is 12.1 Å². The maximum Gasteiger partial charge on any atom is 0.185 e. The highest BCUT2D eigenvalue weighted by Crippen LogP contribution is 2.40. The number of pyridine rings is 2. The number of hydrogen-bond acceptors (Lipinski definition) is 6. The minimum absolute atomic E-state index is 0.0126. The van der Waals surface area contributed by atoms with Crippen LogP contribution < -0.4 is 0 Å². The lowest BCUT2D eigenvalue weighted by atomic mass is 10.0. The van der Waals surface area contributed by atoms with E-state index in [1.54, 1.807) is 24.5 Å². The average Bonchev–Trinajstić information content (AvgIpc) is 3.35. The summed E-state index contributed by atoms with van der Waals surface area (Å²) in [7, 11) is -4.51. The standard InChI is InChI=1S/C28H19F4N3O2S2/c29-20-5-7-21(30)23(14-20)39(36,37)16-19-4-6-22(31)25(26(19)32)27-28(18-9-12-33-13-10-18)38-24(35-27)8-3-17-2-1-11-34-15-17/h1-2,4-7,9-15H,3,8,16H2. The van der Waals surface area contributed by atoms with Crippen molar-refractivity contribution < 1.29 is 26.0 Å². The first-order valence-electron chi connectivity index (χ1n) is 11.7. The van der Waals surface area contributed by atoms with Crippen LogP contribution in [0.1, 0.15) is 16.1 Å². The van der Waals surface area contributed by atoms with Crippen molar-refractivity contribution in [2.24, 2.45) is 0 Å². The number of hydrogen-bond donors (Lipinski definition) is 0. The molecule has 0 saturated carbocycles. The van der Waals surface area contributed by atoms with Gasteiger partial charge in [0.1, 0.15) is 28.2 Å². The summed E-state index contributed by atoms with van der Waals surface area (Å²) < 4.78 is 84.7. The molecule has 0 fully saturated rings. The van der Waals surface area contributed by atoms with Crippen molar-refractivity contribution in [2.45, 2.75) is 23.5 Å². The van der Waals surface area contributed by atoms with Gasteiger partial charge in [-0.25, -0.2) is 31.0 Å². The summed E-state index contributed by atoms with van der Waals surface area (Å²) in [4.78, 5) is 12.2. The maximum atomic E-state index is 15.9. The quantitative estimate of drug-likeness (QED) is 0.197. The molecule has 5 rings (SSSR count). The van der Waals surface area contributed by atoms with Crippen LogP contribution in [0.15, 0.2) is 84.3 Å². The molecule has 0 spiro atoms. The van der Waals surface area contributed by atoms with Gasteiger partial charge < -0.3 is 0 Å². The number of nitrogens with zero attached hydrogens (tertiary/aromatic N) is 3. The van der Waals surface area contributed by atoms with E-state index < -0.39 is 54.9 Å². The third-order valence-corrected chi connectivity index (χ3v) is 8.78. The van der Waals surface area contributed by atoms with Crippen LogP contribution in [0, 0.1) is 23.3 Å². The number of benzene rings is 2. The smallest absolute Gasteiger partial charge is 0.185 e. The lowest BCUT2D eigenvalue weighted by molar-refractivity contribution is 0.549. The molecule has 198 valence electrons. The number of rotatable bonds is 8. The van der Waals surface area contributed by atoms with Crippen LogP contribution >= 0.6 is 11.3 Å². The van der Waals surface area contributed by atoms with Crippen molar-refractivity contribution in [1.29, 1.82) is 0 Å². The van der Waals surface area contributed by atoms with Gasteiger partial charge in [0.25, 0.3) is 0 Å². The summed E-state index contributed by atoms with van der Waals surface area (Å²) in [5.41, 5.74) is 0.704. The zero-order valence-corrected chi connectivity index (χ0v) is 21.7. The van der Waals surface area contributed by atoms with Crippen LogP contribution in [0.4, 0.5) is 17.6 Å². The van der Waals surface area contributed by atoms with Gasteiger partial charge in [0.15, 0.2) is 9.84 Å². The van der Waals surface area contributed by atoms with E-state index in [4.69, 9.17) is 0 Å². The Bertz CT molecular complexity index is 1750. The SMILES string of the molecule is O=S(=O)(Cc1ccc(F)c(-c2nc(CCc3cccnc3)sc2-c2ccncc2)c1F)c1cc(F)ccc1F. The van der Waals surface area contributed by atoms with Crippen molar-refractivity contribution in [3.63, 3.8) is 0 Å². The normalized spacial score (nSPS) is 11.6. The molecule has 5 aromatic rings. The highest BCUT2D eigenvalue weighted by atomic mass is 32.2. The van der Waals surface area contributed by atoms with Gasteiger partial charge in [-0.15, -0.1) is 11.3 Å². The Labute approximate surface area is 225 Å². The molecule has 0 bridgehead atoms. The van der Waals surface area contributed by atoms with Gasteiger partial charge in [0.2, 0.25) is 0 Å². The molecule has 0 atom stereocenters. The summed E-state index contributed by atoms with van der Waals surface area (Å²) in [5.74, 6) is -5.22. The molecule has 0 aliphatic rings. The number of sulfone groups is 1. The first kappa shape index (κ1) is 26.6. The molecular formula is C28H19F4N3O2S2. The van der Waals surface area contributed by atoms with E-state index >= 15 is 8.78 Å². The van der Waals surface area contributed by atoms with Crippen LogP contribution in [0.5, 0.6) is 0 Å². The summed E-state index contributed by atoms with van der Waals surface area (Å²) >= 11 is 1.26. The molecule has 11 heteroatoms. The second-order valence-electron chi connectivity index (χ2n) is 8.61. The fourth-order valence-electron chi connectivity index (χ4n) is 4.06. The summed E-state index contributed by atoms with van der Waals surface area (Å²) in [6.07, 6.45) is 7.54. The van der Waals surface area contributed by atoms with Gasteiger partial charge in [0, 0.05) is 36.8 Å². The Kier molecular flexibility index (Phi) is 7.53. The summed E-state index contributed by atoms with van der Waals surface area (Å²) in [6, 6.07) is 11.0. The number of thiazole rings is 1. The van der Waals surface area contributed by atoms with Crippen molar-refractivity contribution in [1.82, 2.24) is 15.0 Å². The predicted octanol–water partition coefficient (Wildman–Crippen LogP) is 6.58. The molecule has 2 aromatic carbocycles. The Hall–Kier alpha value is -3.96. The second-order valence-corrected chi connectivity index (χ2v) is 11.7. The van der Waals surface area contributed by atoms with Crippen molar-refractivity contribution in [3.8, 4) is 21.7 Å². The first-order valence-corrected chi connectivity index (χ1v) is 14.1. The largest absolute Gasteiger partial charge is 0.265 e. The van der Waals surface area contributed by atoms with Gasteiger partial charge >= 0.3 is 0 Å². The molecular weight excluding hydrogens is 550 g/mol. The molecule has 5 nitrogen and oxygen atoms in total. The average molecular weight is 570 g/mol. The fourth-order valence-corrected chi connectivity index (χ4v) is 6.58. The van der Waals surface area contributed by atoms with Crippen LogP contribution in [-0.4, -0.2) is 23.4 Å². The molecule has 0 aliphatic carbocycles. The van der Waals surface area contributed by atoms with Crippen molar-refractivity contribution in [3.05, 3.63) is 119 Å². The molecule has 0 amide bonds. The Morgan fingerprint density at radius 3 is 2.33 bits per heavy atom. The van der Waals surface area contributed by atoms with Crippen LogP contribution in [-0.2, 0) is 28.4 Å². The third-order valence-electron chi connectivity index (χ3n) is 5.95. The Morgan fingerprint density at radius 1 is 0.821 bits per heavy atom. The molecule has 0 radical (unpaired) electrons. The van der Waals surface area contributed by atoms with E-state index in [0.717, 1.165) is 23.8 Å². The van der Waals surface area contributed by atoms with Crippen LogP contribution in [0.2, 0.25) is 0 Å². The highest BCUT2D eigenvalue weighted by molar-refractivity contribution is 7.90. The maximum absolute atomic E-state index is 15.9. The van der Waals surface area contributed by atoms with E-state index in [9.17, 15) is 17.2 Å². The molecule has 39 heavy (non-hydrogen) atoms. The lowest BCUT2D eigenvalue weighted by Gasteiger charge is -2.11. The van der Waals surface area contributed by atoms with Gasteiger partial charge in [0.05, 0.1) is 26.9 Å². The van der Waals surface area contributed by atoms with Crippen LogP contribution in [0.3, 0.4) is 0 Å². The molecule has 0 N–H and O–H groups in total. The Morgan fingerprint density at radius 2 is 1.59 bits per heavy atom. The topological polar surface area (TPSA) is 72.8 Å². The number of aromatic nitrogens is 3. The van der Waals surface area contributed by atoms with Gasteiger partial charge in [-0.05, 0) is 60.0 Å². The van der Waals surface area contributed by atoms with E-state index in [-0.39, 0.29) is 5.69 Å². The number of aryl methyl sites for hydroxylation is 2. The first-order chi connectivity index (χ1) is 18.7. The van der Waals surface area contributed by atoms with Crippen LogP contribution in [0.25, 0.3) is 21.7 Å². The molecule has 0 unspecified atom stereocenters. The minimum atomic E-state index is -4.51. The predicted molar refractivity (Wildman–Crippen MR) is 140 cm³/mol. The monoisotopic (exact) mass is 569 g/mol. The van der Waals surface area contributed by atoms with Crippen molar-refractivity contribution >= 4 is 21.2 Å². The van der Waals surface area contributed by atoms with Gasteiger partial charge in [-0.1, -0.05) is 12.1 Å². The molecule has 0 aliphatic heterocycles. The molecule has 0 saturated heterocycles. The zero-order valence-electron chi connectivity index (χ0n) is 20.1. The minimum Gasteiger partial charge on any atom is -0.265 e. The molecule has 3 heterocycles. The van der Waals surface area contributed by atoms with Gasteiger partial charge in [-0.2, -0.15) is 0 Å². The van der Waals surface area contributed by atoms with Crippen molar-refractivity contribution in [2.75, 3.05) is 0 Å². The Balaban J connectivity index is 1.57. The summed E-state index contributed by atoms with van der Waals surface area (Å²) in [5, 5.41) is 0.610. The van der Waals surface area contributed by atoms with E-state index in [0.29, 0.717) is 40.4 Å². The highest BCUT2D eigenvalue weighted by Gasteiger charge is 2.27. The van der Waals surface area contributed by atoms with E-state index in [2.05, 4.69) is 15.0 Å². The zero-order chi connectivity index (χ0) is 27.6. The fraction of sp³-hybridized carbons (Fsp3) is 0.107. The second kappa shape index (κ2) is 11.0. The lowest BCUT2D eigenvalue weighted by Crippen LogP contribution is -2.10. The molecule has 3 aromatic heterocycles.